The molecule has 11 heteroatoms. The number of benzene rings is 2. The Bertz CT molecular complexity index is 1150. The zero-order valence-corrected chi connectivity index (χ0v) is 17.0. The normalized spacial score (nSPS) is 11.2. The molecule has 0 bridgehead atoms. The van der Waals surface area contributed by atoms with Crippen molar-refractivity contribution in [1.29, 1.82) is 0 Å². The number of carbonyl (C=O) groups excluding carboxylic acids is 1. The van der Waals surface area contributed by atoms with Crippen LogP contribution in [0.15, 0.2) is 63.4 Å². The van der Waals surface area contributed by atoms with Crippen LogP contribution in [0.2, 0.25) is 0 Å². The number of sulfone groups is 1. The lowest BCUT2D eigenvalue weighted by atomic mass is 10.3. The van der Waals surface area contributed by atoms with Crippen LogP contribution in [-0.4, -0.2) is 41.0 Å². The van der Waals surface area contributed by atoms with Gasteiger partial charge in [0.25, 0.3) is 0 Å². The second-order valence-electron chi connectivity index (χ2n) is 5.80. The average Bonchev–Trinajstić information content (AvgIpc) is 3.13. The van der Waals surface area contributed by atoms with Crippen LogP contribution in [0.25, 0.3) is 0 Å². The highest BCUT2D eigenvalue weighted by molar-refractivity contribution is 7.99. The highest BCUT2D eigenvalue weighted by Crippen LogP contribution is 2.30. The second-order valence-corrected chi connectivity index (χ2v) is 9.01. The van der Waals surface area contributed by atoms with Crippen molar-refractivity contribution in [3.8, 4) is 11.5 Å². The molecule has 0 unspecified atom stereocenters. The lowest BCUT2D eigenvalue weighted by Crippen LogP contribution is -2.14. The van der Waals surface area contributed by atoms with Gasteiger partial charge in [-0.15, -0.1) is 5.10 Å². The Morgan fingerprint density at radius 3 is 2.55 bits per heavy atom. The Balaban J connectivity index is 1.62. The maximum atomic E-state index is 12.2. The van der Waals surface area contributed by atoms with Gasteiger partial charge in [0.15, 0.2) is 15.0 Å². The molecule has 9 nitrogen and oxygen atoms in total. The van der Waals surface area contributed by atoms with E-state index in [9.17, 15) is 18.0 Å². The maximum absolute atomic E-state index is 12.2. The number of anilines is 1. The van der Waals surface area contributed by atoms with E-state index in [1.165, 1.54) is 6.07 Å². The van der Waals surface area contributed by atoms with Crippen LogP contribution >= 0.6 is 11.8 Å². The number of nitrogens with one attached hydrogen (secondary N) is 3. The Morgan fingerprint density at radius 1 is 1.17 bits per heavy atom. The molecule has 152 valence electrons. The summed E-state index contributed by atoms with van der Waals surface area (Å²) < 4.78 is 30.1. The maximum Gasteiger partial charge on any atom is 0.341 e. The molecule has 0 atom stereocenters. The summed E-state index contributed by atoms with van der Waals surface area (Å²) in [5.41, 5.74) is 0.116. The van der Waals surface area contributed by atoms with Crippen LogP contribution < -0.4 is 15.7 Å². The number of carbonyl (C=O) groups is 1. The fraction of sp³-hybridized carbons (Fsp3) is 0.167. The molecule has 3 N–H and O–H groups in total. The molecule has 29 heavy (non-hydrogen) atoms. The van der Waals surface area contributed by atoms with E-state index >= 15 is 0 Å². The van der Waals surface area contributed by atoms with Gasteiger partial charge in [-0.25, -0.2) is 18.3 Å². The minimum atomic E-state index is -3.41. The predicted molar refractivity (Wildman–Crippen MR) is 109 cm³/mol. The summed E-state index contributed by atoms with van der Waals surface area (Å²) in [7, 11) is -3.41. The quantitative estimate of drug-likeness (QED) is 0.464. The zero-order valence-electron chi connectivity index (χ0n) is 15.3. The molecular formula is C18H18N4O5S2. The molecular weight excluding hydrogens is 416 g/mol. The largest absolute Gasteiger partial charge is 0.456 e. The summed E-state index contributed by atoms with van der Waals surface area (Å²) >= 11 is 1.09. The first kappa shape index (κ1) is 20.7. The van der Waals surface area contributed by atoms with Crippen molar-refractivity contribution in [3.63, 3.8) is 0 Å². The zero-order chi connectivity index (χ0) is 20.9. The molecule has 0 aliphatic carbocycles. The van der Waals surface area contributed by atoms with E-state index in [2.05, 4.69) is 20.5 Å². The van der Waals surface area contributed by atoms with Crippen LogP contribution in [0, 0.1) is 0 Å². The predicted octanol–water partition coefficient (Wildman–Crippen LogP) is 2.41. The third kappa shape index (κ3) is 5.48. The monoisotopic (exact) mass is 434 g/mol. The van der Waals surface area contributed by atoms with Crippen LogP contribution in [0.1, 0.15) is 6.92 Å². The summed E-state index contributed by atoms with van der Waals surface area (Å²) in [6.07, 6.45) is 0. The van der Waals surface area contributed by atoms with Crippen LogP contribution in [0.4, 0.5) is 5.69 Å². The standard InChI is InChI=1S/C18H18N4O5S2/c1-2-29(25,26)15-6-4-3-5-14(15)27-13-9-7-12(8-10-13)19-16(23)11-28-18-20-17(24)21-22-18/h3-10H,2,11H2,1H3,(H,19,23)(H2,20,21,22,24). The number of hydrogen-bond acceptors (Lipinski definition) is 7. The highest BCUT2D eigenvalue weighted by Gasteiger charge is 2.17. The summed E-state index contributed by atoms with van der Waals surface area (Å²) in [5.74, 6) is 0.455. The van der Waals surface area contributed by atoms with Crippen LogP contribution in [-0.2, 0) is 14.6 Å². The molecule has 3 rings (SSSR count). The Hall–Kier alpha value is -3.05. The second kappa shape index (κ2) is 8.97. The van der Waals surface area contributed by atoms with Gasteiger partial charge >= 0.3 is 5.69 Å². The van der Waals surface area contributed by atoms with E-state index in [0.29, 0.717) is 16.6 Å². The van der Waals surface area contributed by atoms with Crippen molar-refractivity contribution >= 4 is 33.2 Å². The molecule has 0 radical (unpaired) electrons. The topological polar surface area (TPSA) is 134 Å². The molecule has 0 saturated carbocycles. The lowest BCUT2D eigenvalue weighted by Gasteiger charge is -2.11. The number of H-pyrrole nitrogens is 2. The number of rotatable bonds is 8. The number of nitrogens with zero attached hydrogens (tertiary/aromatic N) is 1. The van der Waals surface area contributed by atoms with Gasteiger partial charge in [0.1, 0.15) is 16.4 Å². The molecule has 0 spiro atoms. The lowest BCUT2D eigenvalue weighted by molar-refractivity contribution is -0.113. The van der Waals surface area contributed by atoms with Gasteiger partial charge in [-0.1, -0.05) is 30.8 Å². The average molecular weight is 434 g/mol. The van der Waals surface area contributed by atoms with Gasteiger partial charge in [0, 0.05) is 5.69 Å². The summed E-state index contributed by atoms with van der Waals surface area (Å²) in [6.45, 7) is 1.58. The SMILES string of the molecule is CCS(=O)(=O)c1ccccc1Oc1ccc(NC(=O)CSc2n[nH]c(=O)[nH]2)cc1. The summed E-state index contributed by atoms with van der Waals surface area (Å²) in [5, 5.41) is 8.97. The van der Waals surface area contributed by atoms with Gasteiger partial charge in [-0.05, 0) is 36.4 Å². The van der Waals surface area contributed by atoms with Gasteiger partial charge in [-0.2, -0.15) is 0 Å². The van der Waals surface area contributed by atoms with E-state index in [-0.39, 0.29) is 28.1 Å². The number of aromatic nitrogens is 3. The van der Waals surface area contributed by atoms with Crippen molar-refractivity contribution in [2.45, 2.75) is 17.0 Å². The first-order valence-electron chi connectivity index (χ1n) is 8.54. The van der Waals surface area contributed by atoms with E-state index in [1.807, 2.05) is 0 Å². The van der Waals surface area contributed by atoms with Gasteiger partial charge in [-0.3, -0.25) is 9.78 Å². The minimum Gasteiger partial charge on any atom is -0.456 e. The smallest absolute Gasteiger partial charge is 0.341 e. The number of aromatic amines is 2. The van der Waals surface area contributed by atoms with Gasteiger partial charge in [0.05, 0.1) is 11.5 Å². The van der Waals surface area contributed by atoms with Crippen LogP contribution in [0.5, 0.6) is 11.5 Å². The van der Waals surface area contributed by atoms with E-state index in [4.69, 9.17) is 4.74 Å². The van der Waals surface area contributed by atoms with Gasteiger partial charge < -0.3 is 10.1 Å². The third-order valence-electron chi connectivity index (χ3n) is 3.75. The fourth-order valence-electron chi connectivity index (χ4n) is 2.33. The van der Waals surface area contributed by atoms with Crippen LogP contribution in [0.3, 0.4) is 0 Å². The number of ether oxygens (including phenoxy) is 1. The summed E-state index contributed by atoms with van der Waals surface area (Å²) in [6, 6.07) is 13.0. The molecule has 2 aromatic carbocycles. The minimum absolute atomic E-state index is 0.0253. The number of thioether (sulfide) groups is 1. The Kier molecular flexibility index (Phi) is 6.39. The molecule has 1 aromatic heterocycles. The van der Waals surface area contributed by atoms with Crippen molar-refractivity contribution in [1.82, 2.24) is 15.2 Å². The molecule has 1 amide bonds. The fourth-order valence-corrected chi connectivity index (χ4v) is 3.96. The molecule has 1 heterocycles. The Morgan fingerprint density at radius 2 is 1.90 bits per heavy atom. The van der Waals surface area contributed by atoms with E-state index in [1.54, 1.807) is 49.4 Å². The molecule has 0 fully saturated rings. The van der Waals surface area contributed by atoms with Gasteiger partial charge in [0.2, 0.25) is 5.91 Å². The molecule has 3 aromatic rings. The number of hydrogen-bond donors (Lipinski definition) is 3. The van der Waals surface area contributed by atoms with E-state index in [0.717, 1.165) is 11.8 Å². The molecule has 0 aliphatic rings. The molecule has 0 saturated heterocycles. The third-order valence-corrected chi connectivity index (χ3v) is 6.39. The van der Waals surface area contributed by atoms with Crippen molar-refractivity contribution < 1.29 is 17.9 Å². The first-order chi connectivity index (χ1) is 13.9. The number of amides is 1. The number of para-hydroxylation sites is 1. The highest BCUT2D eigenvalue weighted by atomic mass is 32.2. The summed E-state index contributed by atoms with van der Waals surface area (Å²) in [4.78, 5) is 25.5. The van der Waals surface area contributed by atoms with Crippen molar-refractivity contribution in [2.24, 2.45) is 0 Å². The molecule has 0 aliphatic heterocycles. The first-order valence-corrected chi connectivity index (χ1v) is 11.2. The van der Waals surface area contributed by atoms with E-state index < -0.39 is 15.5 Å². The van der Waals surface area contributed by atoms with Crippen molar-refractivity contribution in [2.75, 3.05) is 16.8 Å². The Labute approximate surface area is 170 Å². The van der Waals surface area contributed by atoms with Crippen molar-refractivity contribution in [3.05, 3.63) is 59.0 Å².